The number of nitrogens with one attached hydrogen (secondary N) is 1. The number of rotatable bonds is 3. The first kappa shape index (κ1) is 12.6. The van der Waals surface area contributed by atoms with Crippen LogP contribution in [0.5, 0.6) is 0 Å². The van der Waals surface area contributed by atoms with Crippen molar-refractivity contribution in [2.45, 2.75) is 23.1 Å². The van der Waals surface area contributed by atoms with E-state index < -0.39 is 0 Å². The van der Waals surface area contributed by atoms with Gasteiger partial charge in [-0.1, -0.05) is 60.6 Å². The van der Waals surface area contributed by atoms with Crippen molar-refractivity contribution >= 4 is 34.3 Å². The van der Waals surface area contributed by atoms with Crippen LogP contribution in [-0.2, 0) is 6.42 Å². The SMILES string of the molecule is CCc1ccccc1Sc1c[nH]c2c(Cl)cccc12. The van der Waals surface area contributed by atoms with E-state index in [1.165, 1.54) is 20.7 Å². The summed E-state index contributed by atoms with van der Waals surface area (Å²) in [7, 11) is 0. The van der Waals surface area contributed by atoms with E-state index in [4.69, 9.17) is 11.6 Å². The highest BCUT2D eigenvalue weighted by molar-refractivity contribution is 7.99. The molecule has 1 nitrogen and oxygen atoms in total. The Morgan fingerprint density at radius 1 is 1.05 bits per heavy atom. The van der Waals surface area contributed by atoms with Gasteiger partial charge in [-0.3, -0.25) is 0 Å². The molecule has 1 heterocycles. The zero-order valence-electron chi connectivity index (χ0n) is 10.6. The van der Waals surface area contributed by atoms with Crippen molar-refractivity contribution in [3.63, 3.8) is 0 Å². The minimum atomic E-state index is 0.771. The van der Waals surface area contributed by atoms with Crippen LogP contribution in [0.15, 0.2) is 58.5 Å². The number of aromatic amines is 1. The Hall–Kier alpha value is -1.38. The van der Waals surface area contributed by atoms with Crippen LogP contribution in [-0.4, -0.2) is 4.98 Å². The molecule has 0 amide bonds. The summed E-state index contributed by atoms with van der Waals surface area (Å²) in [6, 6.07) is 14.5. The van der Waals surface area contributed by atoms with Gasteiger partial charge in [-0.25, -0.2) is 0 Å². The second kappa shape index (κ2) is 5.32. The molecule has 0 radical (unpaired) electrons. The average molecular weight is 288 g/mol. The maximum atomic E-state index is 6.19. The maximum Gasteiger partial charge on any atom is 0.0655 e. The number of para-hydroxylation sites is 1. The van der Waals surface area contributed by atoms with E-state index in [9.17, 15) is 0 Å². The van der Waals surface area contributed by atoms with Crippen molar-refractivity contribution in [2.24, 2.45) is 0 Å². The Bertz CT molecular complexity index is 718. The molecule has 1 aromatic heterocycles. The first-order chi connectivity index (χ1) is 9.29. The van der Waals surface area contributed by atoms with E-state index in [0.29, 0.717) is 0 Å². The lowest BCUT2D eigenvalue weighted by atomic mass is 10.2. The molecule has 0 atom stereocenters. The maximum absolute atomic E-state index is 6.19. The van der Waals surface area contributed by atoms with Gasteiger partial charge in [0.1, 0.15) is 0 Å². The number of H-pyrrole nitrogens is 1. The number of aromatic nitrogens is 1. The molecule has 0 aliphatic rings. The highest BCUT2D eigenvalue weighted by Gasteiger charge is 2.09. The van der Waals surface area contributed by atoms with Crippen LogP contribution in [0.1, 0.15) is 12.5 Å². The molecule has 0 bridgehead atoms. The summed E-state index contributed by atoms with van der Waals surface area (Å²) in [4.78, 5) is 5.79. The third-order valence-corrected chi connectivity index (χ3v) is 4.69. The summed E-state index contributed by atoms with van der Waals surface area (Å²) >= 11 is 7.99. The number of hydrogen-bond donors (Lipinski definition) is 1. The van der Waals surface area contributed by atoms with Gasteiger partial charge < -0.3 is 4.98 Å². The van der Waals surface area contributed by atoms with Crippen LogP contribution in [0.4, 0.5) is 0 Å². The molecule has 96 valence electrons. The zero-order chi connectivity index (χ0) is 13.2. The van der Waals surface area contributed by atoms with Gasteiger partial charge in [0.2, 0.25) is 0 Å². The Labute approximate surface area is 122 Å². The van der Waals surface area contributed by atoms with Gasteiger partial charge in [-0.05, 0) is 24.1 Å². The lowest BCUT2D eigenvalue weighted by Crippen LogP contribution is -1.83. The van der Waals surface area contributed by atoms with E-state index >= 15 is 0 Å². The van der Waals surface area contributed by atoms with E-state index in [2.05, 4.69) is 42.2 Å². The summed E-state index contributed by atoms with van der Waals surface area (Å²) in [6.07, 6.45) is 3.08. The van der Waals surface area contributed by atoms with E-state index in [-0.39, 0.29) is 0 Å². The molecule has 19 heavy (non-hydrogen) atoms. The van der Waals surface area contributed by atoms with Crippen molar-refractivity contribution in [1.82, 2.24) is 4.98 Å². The summed E-state index contributed by atoms with van der Waals surface area (Å²) < 4.78 is 0. The number of halogens is 1. The predicted octanol–water partition coefficient (Wildman–Crippen LogP) is 5.53. The third kappa shape index (κ3) is 2.38. The molecule has 3 heteroatoms. The van der Waals surface area contributed by atoms with E-state index in [1.54, 1.807) is 11.8 Å². The normalized spacial score (nSPS) is 11.1. The lowest BCUT2D eigenvalue weighted by Gasteiger charge is -2.06. The monoisotopic (exact) mass is 287 g/mol. The molecule has 0 unspecified atom stereocenters. The first-order valence-corrected chi connectivity index (χ1v) is 7.50. The molecule has 3 aromatic rings. The molecular formula is C16H14ClNS. The Balaban J connectivity index is 2.04. The van der Waals surface area contributed by atoms with Gasteiger partial charge in [0, 0.05) is 21.4 Å². The summed E-state index contributed by atoms with van der Waals surface area (Å²) in [5, 5.41) is 1.96. The molecular weight excluding hydrogens is 274 g/mol. The van der Waals surface area contributed by atoms with Gasteiger partial charge in [0.25, 0.3) is 0 Å². The molecule has 0 aliphatic heterocycles. The van der Waals surface area contributed by atoms with Crippen LogP contribution >= 0.6 is 23.4 Å². The lowest BCUT2D eigenvalue weighted by molar-refractivity contribution is 1.08. The van der Waals surface area contributed by atoms with Crippen LogP contribution in [0.25, 0.3) is 10.9 Å². The van der Waals surface area contributed by atoms with Gasteiger partial charge in [0.05, 0.1) is 10.5 Å². The average Bonchev–Trinajstić information content (AvgIpc) is 2.84. The number of fused-ring (bicyclic) bond motifs is 1. The van der Waals surface area contributed by atoms with E-state index in [0.717, 1.165) is 17.0 Å². The van der Waals surface area contributed by atoms with Crippen molar-refractivity contribution in [2.75, 3.05) is 0 Å². The molecule has 0 saturated heterocycles. The highest BCUT2D eigenvalue weighted by atomic mass is 35.5. The van der Waals surface area contributed by atoms with Gasteiger partial charge in [-0.15, -0.1) is 0 Å². The smallest absolute Gasteiger partial charge is 0.0655 e. The molecule has 2 aromatic carbocycles. The molecule has 0 saturated carbocycles. The number of aryl methyl sites for hydroxylation is 1. The van der Waals surface area contributed by atoms with Crippen LogP contribution in [0.3, 0.4) is 0 Å². The Kier molecular flexibility index (Phi) is 3.54. The molecule has 1 N–H and O–H groups in total. The molecule has 0 fully saturated rings. The van der Waals surface area contributed by atoms with Crippen molar-refractivity contribution in [3.8, 4) is 0 Å². The highest BCUT2D eigenvalue weighted by Crippen LogP contribution is 2.37. The van der Waals surface area contributed by atoms with Crippen molar-refractivity contribution < 1.29 is 0 Å². The predicted molar refractivity (Wildman–Crippen MR) is 83.3 cm³/mol. The fraction of sp³-hybridized carbons (Fsp3) is 0.125. The van der Waals surface area contributed by atoms with Crippen molar-refractivity contribution in [3.05, 3.63) is 59.2 Å². The van der Waals surface area contributed by atoms with Gasteiger partial charge in [-0.2, -0.15) is 0 Å². The fourth-order valence-corrected chi connectivity index (χ4v) is 3.54. The minimum Gasteiger partial charge on any atom is -0.359 e. The standard InChI is InChI=1S/C16H14ClNS/c1-2-11-6-3-4-9-14(11)19-15-10-18-16-12(15)7-5-8-13(16)17/h3-10,18H,2H2,1H3. The zero-order valence-corrected chi connectivity index (χ0v) is 12.2. The van der Waals surface area contributed by atoms with Crippen molar-refractivity contribution in [1.29, 1.82) is 0 Å². The van der Waals surface area contributed by atoms with Crippen LogP contribution in [0, 0.1) is 0 Å². The summed E-state index contributed by atoms with van der Waals surface area (Å²) in [5.41, 5.74) is 2.39. The fourth-order valence-electron chi connectivity index (χ4n) is 2.19. The Morgan fingerprint density at radius 3 is 2.74 bits per heavy atom. The number of hydrogen-bond acceptors (Lipinski definition) is 1. The summed E-state index contributed by atoms with van der Waals surface area (Å²) in [5.74, 6) is 0. The molecule has 3 rings (SSSR count). The molecule has 0 aliphatic carbocycles. The topological polar surface area (TPSA) is 15.8 Å². The second-order valence-corrected chi connectivity index (χ2v) is 5.87. The largest absolute Gasteiger partial charge is 0.359 e. The number of benzene rings is 2. The Morgan fingerprint density at radius 2 is 1.89 bits per heavy atom. The van der Waals surface area contributed by atoms with Gasteiger partial charge in [0.15, 0.2) is 0 Å². The van der Waals surface area contributed by atoms with Gasteiger partial charge >= 0.3 is 0 Å². The quantitative estimate of drug-likeness (QED) is 0.669. The first-order valence-electron chi connectivity index (χ1n) is 6.31. The van der Waals surface area contributed by atoms with Crippen LogP contribution in [0.2, 0.25) is 5.02 Å². The van der Waals surface area contributed by atoms with E-state index in [1.807, 2.05) is 18.3 Å². The second-order valence-electron chi connectivity index (χ2n) is 4.38. The molecule has 0 spiro atoms. The summed E-state index contributed by atoms with van der Waals surface area (Å²) in [6.45, 7) is 2.19. The third-order valence-electron chi connectivity index (χ3n) is 3.20. The van der Waals surface area contributed by atoms with Crippen LogP contribution < -0.4 is 0 Å². The minimum absolute atomic E-state index is 0.771.